The van der Waals surface area contributed by atoms with Gasteiger partial charge < -0.3 is 4.90 Å². The van der Waals surface area contributed by atoms with E-state index in [4.69, 9.17) is 0 Å². The third-order valence-electron chi connectivity index (χ3n) is 4.24. The number of carbonyl (C=O) groups excluding carboxylic acids is 1. The fourth-order valence-corrected chi connectivity index (χ4v) is 2.78. The Labute approximate surface area is 122 Å². The normalized spacial score (nSPS) is 17.6. The average Bonchev–Trinajstić information content (AvgIpc) is 2.45. The second kappa shape index (κ2) is 7.00. The van der Waals surface area contributed by atoms with Gasteiger partial charge in [-0.3, -0.25) is 9.69 Å². The van der Waals surface area contributed by atoms with Crippen molar-refractivity contribution in [1.29, 1.82) is 0 Å². The smallest absolute Gasteiger partial charge is 0.164 e. The fraction of sp³-hybridized carbons (Fsp3) is 0.588. The molecular weight excluding hydrogens is 248 g/mol. The molecule has 0 aliphatic carbocycles. The van der Waals surface area contributed by atoms with Crippen molar-refractivity contribution in [3.8, 4) is 0 Å². The van der Waals surface area contributed by atoms with E-state index in [0.29, 0.717) is 12.5 Å². The Kier molecular flexibility index (Phi) is 5.32. The summed E-state index contributed by atoms with van der Waals surface area (Å²) >= 11 is 0. The molecule has 0 amide bonds. The lowest BCUT2D eigenvalue weighted by atomic mass is 10.0. The van der Waals surface area contributed by atoms with Crippen molar-refractivity contribution >= 4 is 5.78 Å². The van der Waals surface area contributed by atoms with Gasteiger partial charge in [-0.25, -0.2) is 0 Å². The highest BCUT2D eigenvalue weighted by Crippen LogP contribution is 2.11. The molecule has 2 rings (SSSR count). The van der Waals surface area contributed by atoms with E-state index in [1.54, 1.807) is 0 Å². The van der Waals surface area contributed by atoms with Crippen LogP contribution in [0.4, 0.5) is 0 Å². The number of piperazine rings is 1. The molecule has 0 atom stereocenters. The molecule has 3 nitrogen and oxygen atoms in total. The lowest BCUT2D eigenvalue weighted by molar-refractivity contribution is 0.0890. The van der Waals surface area contributed by atoms with Gasteiger partial charge in [0, 0.05) is 50.7 Å². The van der Waals surface area contributed by atoms with E-state index in [1.165, 1.54) is 0 Å². The first-order chi connectivity index (χ1) is 9.58. The highest BCUT2D eigenvalue weighted by molar-refractivity contribution is 5.97. The molecule has 0 spiro atoms. The summed E-state index contributed by atoms with van der Waals surface area (Å²) in [4.78, 5) is 17.2. The number of hydrogen-bond acceptors (Lipinski definition) is 3. The largest absolute Gasteiger partial charge is 0.300 e. The number of nitrogens with zero attached hydrogens (tertiary/aromatic N) is 2. The maximum Gasteiger partial charge on any atom is 0.164 e. The summed E-state index contributed by atoms with van der Waals surface area (Å²) in [6, 6.07) is 8.51. The minimum atomic E-state index is 0.273. The maximum absolute atomic E-state index is 12.2. The molecule has 0 saturated carbocycles. The number of hydrogen-bond donors (Lipinski definition) is 0. The van der Waals surface area contributed by atoms with Gasteiger partial charge in [0.25, 0.3) is 0 Å². The van der Waals surface area contributed by atoms with Crippen molar-refractivity contribution < 1.29 is 4.79 Å². The first-order valence-electron chi connectivity index (χ1n) is 7.63. The maximum atomic E-state index is 12.2. The van der Waals surface area contributed by atoms with Crippen LogP contribution in [0.15, 0.2) is 24.3 Å². The number of rotatable bonds is 5. The second-order valence-electron chi connectivity index (χ2n) is 5.96. The molecular formula is C17H26N2O. The predicted octanol–water partition coefficient (Wildman–Crippen LogP) is 2.59. The summed E-state index contributed by atoms with van der Waals surface area (Å²) in [6.07, 6.45) is 0.631. The lowest BCUT2D eigenvalue weighted by Gasteiger charge is -2.36. The van der Waals surface area contributed by atoms with Crippen LogP contribution < -0.4 is 0 Å². The number of ketones is 1. The van der Waals surface area contributed by atoms with Crippen molar-refractivity contribution in [2.24, 2.45) is 0 Å². The molecule has 20 heavy (non-hydrogen) atoms. The molecule has 1 aromatic rings. The first-order valence-corrected chi connectivity index (χ1v) is 7.63. The number of aryl methyl sites for hydroxylation is 1. The van der Waals surface area contributed by atoms with Crippen molar-refractivity contribution in [2.75, 3.05) is 32.7 Å². The number of benzene rings is 1. The van der Waals surface area contributed by atoms with Crippen molar-refractivity contribution in [1.82, 2.24) is 9.80 Å². The van der Waals surface area contributed by atoms with Gasteiger partial charge in [0.15, 0.2) is 5.78 Å². The zero-order valence-electron chi connectivity index (χ0n) is 12.9. The standard InChI is InChI=1S/C17H26N2O/c1-14(2)19-12-10-18(11-13-19)9-8-17(20)16-7-5-4-6-15(16)3/h4-7,14H,8-13H2,1-3H3. The molecule has 1 saturated heterocycles. The quantitative estimate of drug-likeness (QED) is 0.771. The summed E-state index contributed by atoms with van der Waals surface area (Å²) in [5, 5.41) is 0. The van der Waals surface area contributed by atoms with Gasteiger partial charge in [-0.05, 0) is 26.3 Å². The minimum absolute atomic E-state index is 0.273. The van der Waals surface area contributed by atoms with Crippen LogP contribution in [0, 0.1) is 6.92 Å². The third-order valence-corrected chi connectivity index (χ3v) is 4.24. The van der Waals surface area contributed by atoms with Crippen LogP contribution in [-0.4, -0.2) is 54.3 Å². The van der Waals surface area contributed by atoms with E-state index in [2.05, 4.69) is 23.6 Å². The van der Waals surface area contributed by atoms with Crippen molar-refractivity contribution in [3.05, 3.63) is 35.4 Å². The van der Waals surface area contributed by atoms with Gasteiger partial charge in [-0.15, -0.1) is 0 Å². The van der Waals surface area contributed by atoms with Gasteiger partial charge >= 0.3 is 0 Å². The van der Waals surface area contributed by atoms with Gasteiger partial charge in [-0.1, -0.05) is 24.3 Å². The van der Waals surface area contributed by atoms with E-state index >= 15 is 0 Å². The van der Waals surface area contributed by atoms with Crippen LogP contribution in [0.3, 0.4) is 0 Å². The predicted molar refractivity (Wildman–Crippen MR) is 83.3 cm³/mol. The fourth-order valence-electron chi connectivity index (χ4n) is 2.78. The molecule has 1 aliphatic rings. The van der Waals surface area contributed by atoms with Crippen molar-refractivity contribution in [2.45, 2.75) is 33.2 Å². The molecule has 0 N–H and O–H groups in total. The molecule has 1 fully saturated rings. The average molecular weight is 274 g/mol. The molecule has 1 heterocycles. The van der Waals surface area contributed by atoms with Crippen molar-refractivity contribution in [3.63, 3.8) is 0 Å². The monoisotopic (exact) mass is 274 g/mol. The van der Waals surface area contributed by atoms with Crippen LogP contribution in [-0.2, 0) is 0 Å². The summed E-state index contributed by atoms with van der Waals surface area (Å²) in [6.45, 7) is 11.8. The molecule has 0 aromatic heterocycles. The van der Waals surface area contributed by atoms with E-state index in [1.807, 2.05) is 31.2 Å². The summed E-state index contributed by atoms with van der Waals surface area (Å²) < 4.78 is 0. The molecule has 0 bridgehead atoms. The first kappa shape index (κ1) is 15.2. The van der Waals surface area contributed by atoms with E-state index in [-0.39, 0.29) is 5.78 Å². The van der Waals surface area contributed by atoms with E-state index < -0.39 is 0 Å². The highest BCUT2D eigenvalue weighted by atomic mass is 16.1. The Balaban J connectivity index is 1.79. The Hall–Kier alpha value is -1.19. The Morgan fingerprint density at radius 2 is 1.80 bits per heavy atom. The Morgan fingerprint density at radius 1 is 1.15 bits per heavy atom. The summed E-state index contributed by atoms with van der Waals surface area (Å²) in [5.74, 6) is 0.273. The lowest BCUT2D eigenvalue weighted by Crippen LogP contribution is -2.49. The van der Waals surface area contributed by atoms with E-state index in [9.17, 15) is 4.79 Å². The topological polar surface area (TPSA) is 23.6 Å². The molecule has 0 unspecified atom stereocenters. The third kappa shape index (κ3) is 3.90. The van der Waals surface area contributed by atoms with Gasteiger partial charge in [-0.2, -0.15) is 0 Å². The van der Waals surface area contributed by atoms with Crippen LogP contribution in [0.2, 0.25) is 0 Å². The van der Waals surface area contributed by atoms with Gasteiger partial charge in [0.05, 0.1) is 0 Å². The zero-order valence-corrected chi connectivity index (χ0v) is 12.9. The number of carbonyl (C=O) groups is 1. The SMILES string of the molecule is Cc1ccccc1C(=O)CCN1CCN(C(C)C)CC1. The number of Topliss-reactive ketones (excluding diaryl/α,β-unsaturated/α-hetero) is 1. The second-order valence-corrected chi connectivity index (χ2v) is 5.96. The van der Waals surface area contributed by atoms with Crippen LogP contribution in [0.25, 0.3) is 0 Å². The van der Waals surface area contributed by atoms with Gasteiger partial charge in [0.2, 0.25) is 0 Å². The van der Waals surface area contributed by atoms with Crippen LogP contribution >= 0.6 is 0 Å². The molecule has 1 aromatic carbocycles. The minimum Gasteiger partial charge on any atom is -0.300 e. The molecule has 3 heteroatoms. The molecule has 1 aliphatic heterocycles. The Morgan fingerprint density at radius 3 is 2.40 bits per heavy atom. The van der Waals surface area contributed by atoms with Crippen LogP contribution in [0.1, 0.15) is 36.2 Å². The Bertz CT molecular complexity index is 448. The van der Waals surface area contributed by atoms with E-state index in [0.717, 1.165) is 43.9 Å². The summed E-state index contributed by atoms with van der Waals surface area (Å²) in [7, 11) is 0. The molecule has 110 valence electrons. The van der Waals surface area contributed by atoms with Crippen LogP contribution in [0.5, 0.6) is 0 Å². The molecule has 0 radical (unpaired) electrons. The van der Waals surface area contributed by atoms with Gasteiger partial charge in [0.1, 0.15) is 0 Å². The highest BCUT2D eigenvalue weighted by Gasteiger charge is 2.19. The summed E-state index contributed by atoms with van der Waals surface area (Å²) in [5.41, 5.74) is 1.97. The zero-order chi connectivity index (χ0) is 14.5.